The molecule has 0 spiro atoms. The van der Waals surface area contributed by atoms with Crippen LogP contribution in [-0.4, -0.2) is 47.2 Å². The van der Waals surface area contributed by atoms with Crippen LogP contribution in [0.4, 0.5) is 5.82 Å². The molecular formula is C19H25N5O. The van der Waals surface area contributed by atoms with Crippen molar-refractivity contribution in [1.82, 2.24) is 20.3 Å². The molecule has 6 nitrogen and oxygen atoms in total. The maximum absolute atomic E-state index is 6.33. The molecule has 2 aromatic heterocycles. The van der Waals surface area contributed by atoms with Gasteiger partial charge in [0.15, 0.2) is 5.82 Å². The number of aromatic nitrogens is 3. The minimum atomic E-state index is 0.215. The fourth-order valence-electron chi connectivity index (χ4n) is 3.50. The molecule has 4 rings (SSSR count). The maximum atomic E-state index is 6.33. The van der Waals surface area contributed by atoms with E-state index in [9.17, 15) is 0 Å². The Balaban J connectivity index is 1.64. The van der Waals surface area contributed by atoms with Crippen molar-refractivity contribution < 1.29 is 4.74 Å². The van der Waals surface area contributed by atoms with Crippen LogP contribution in [0.25, 0.3) is 11.3 Å². The molecule has 1 N–H and O–H groups in total. The van der Waals surface area contributed by atoms with Gasteiger partial charge in [0.1, 0.15) is 6.10 Å². The van der Waals surface area contributed by atoms with Crippen LogP contribution < -0.4 is 15.0 Å². The predicted octanol–water partition coefficient (Wildman–Crippen LogP) is 2.66. The average molecular weight is 339 g/mol. The molecule has 6 heteroatoms. The molecule has 0 bridgehead atoms. The Morgan fingerprint density at radius 3 is 2.56 bits per heavy atom. The van der Waals surface area contributed by atoms with Crippen molar-refractivity contribution >= 4 is 5.82 Å². The predicted molar refractivity (Wildman–Crippen MR) is 97.8 cm³/mol. The Morgan fingerprint density at radius 1 is 1.04 bits per heavy atom. The number of nitrogens with one attached hydrogen (secondary N) is 1. The van der Waals surface area contributed by atoms with Gasteiger partial charge in [-0.3, -0.25) is 4.98 Å². The molecule has 2 saturated heterocycles. The van der Waals surface area contributed by atoms with Crippen LogP contribution in [0.1, 0.15) is 32.1 Å². The monoisotopic (exact) mass is 339 g/mol. The zero-order valence-corrected chi connectivity index (χ0v) is 14.5. The molecule has 2 aliphatic rings. The van der Waals surface area contributed by atoms with Gasteiger partial charge in [-0.05, 0) is 57.3 Å². The van der Waals surface area contributed by atoms with E-state index in [4.69, 9.17) is 14.7 Å². The quantitative estimate of drug-likeness (QED) is 0.924. The summed E-state index contributed by atoms with van der Waals surface area (Å²) in [4.78, 5) is 16.0. The van der Waals surface area contributed by atoms with Crippen LogP contribution in [0.5, 0.6) is 5.88 Å². The van der Waals surface area contributed by atoms with Gasteiger partial charge in [-0.15, -0.1) is 0 Å². The Hall–Kier alpha value is -2.21. The average Bonchev–Trinajstić information content (AvgIpc) is 2.70. The summed E-state index contributed by atoms with van der Waals surface area (Å²) in [7, 11) is 0. The number of pyridine rings is 1. The number of nitrogens with zero attached hydrogens (tertiary/aromatic N) is 4. The highest BCUT2D eigenvalue weighted by atomic mass is 16.5. The van der Waals surface area contributed by atoms with E-state index >= 15 is 0 Å². The van der Waals surface area contributed by atoms with E-state index < -0.39 is 0 Å². The van der Waals surface area contributed by atoms with Crippen molar-refractivity contribution in [3.8, 4) is 17.1 Å². The number of hydrogen-bond donors (Lipinski definition) is 1. The zero-order valence-electron chi connectivity index (χ0n) is 14.5. The number of ether oxygens (including phenoxy) is 1. The molecule has 0 amide bonds. The standard InChI is InChI=1S/C19H25N5O/c1-2-12-24(13-3-1)18-19(25-16-6-10-21-11-7-16)23-17(14-22-18)15-4-8-20-9-5-15/h4-5,8-9,14,16,21H,1-3,6-7,10-13H2. The Morgan fingerprint density at radius 2 is 1.80 bits per heavy atom. The highest BCUT2D eigenvalue weighted by molar-refractivity contribution is 5.61. The summed E-state index contributed by atoms with van der Waals surface area (Å²) in [5.74, 6) is 1.58. The van der Waals surface area contributed by atoms with E-state index in [0.717, 1.165) is 56.1 Å². The smallest absolute Gasteiger partial charge is 0.258 e. The lowest BCUT2D eigenvalue weighted by Gasteiger charge is -2.30. The van der Waals surface area contributed by atoms with Gasteiger partial charge in [-0.1, -0.05) is 0 Å². The second kappa shape index (κ2) is 7.78. The summed E-state index contributed by atoms with van der Waals surface area (Å²) >= 11 is 0. The first kappa shape index (κ1) is 16.3. The number of anilines is 1. The van der Waals surface area contributed by atoms with Gasteiger partial charge in [0.05, 0.1) is 11.9 Å². The highest BCUT2D eigenvalue weighted by Gasteiger charge is 2.23. The Labute approximate surface area is 148 Å². The fourth-order valence-corrected chi connectivity index (χ4v) is 3.50. The van der Waals surface area contributed by atoms with Gasteiger partial charge in [-0.2, -0.15) is 0 Å². The van der Waals surface area contributed by atoms with Crippen molar-refractivity contribution in [3.63, 3.8) is 0 Å². The van der Waals surface area contributed by atoms with E-state index in [-0.39, 0.29) is 6.10 Å². The SMILES string of the molecule is c1cc(-c2cnc(N3CCCCC3)c(OC3CCNCC3)n2)ccn1. The summed E-state index contributed by atoms with van der Waals surface area (Å²) in [5.41, 5.74) is 1.86. The number of rotatable bonds is 4. The largest absolute Gasteiger partial charge is 0.472 e. The number of piperidine rings is 2. The van der Waals surface area contributed by atoms with Crippen molar-refractivity contribution in [1.29, 1.82) is 0 Å². The van der Waals surface area contributed by atoms with Gasteiger partial charge in [0.2, 0.25) is 0 Å². The fraction of sp³-hybridized carbons (Fsp3) is 0.526. The first-order valence-corrected chi connectivity index (χ1v) is 9.30. The molecule has 2 aromatic rings. The molecule has 0 atom stereocenters. The molecule has 0 aromatic carbocycles. The summed E-state index contributed by atoms with van der Waals surface area (Å²) in [6, 6.07) is 3.91. The third kappa shape index (κ3) is 3.90. The molecule has 0 aliphatic carbocycles. The lowest BCUT2D eigenvalue weighted by Crippen LogP contribution is -2.35. The second-order valence-electron chi connectivity index (χ2n) is 6.73. The van der Waals surface area contributed by atoms with Crippen LogP contribution in [0, 0.1) is 0 Å². The minimum absolute atomic E-state index is 0.215. The van der Waals surface area contributed by atoms with Crippen molar-refractivity contribution in [2.24, 2.45) is 0 Å². The summed E-state index contributed by atoms with van der Waals surface area (Å²) in [6.07, 6.45) is 11.4. The molecule has 0 unspecified atom stereocenters. The van der Waals surface area contributed by atoms with Gasteiger partial charge in [-0.25, -0.2) is 9.97 Å². The third-order valence-corrected chi connectivity index (χ3v) is 4.92. The van der Waals surface area contributed by atoms with Crippen LogP contribution in [0.3, 0.4) is 0 Å². The zero-order chi connectivity index (χ0) is 16.9. The maximum Gasteiger partial charge on any atom is 0.258 e. The van der Waals surface area contributed by atoms with Crippen molar-refractivity contribution in [2.45, 2.75) is 38.2 Å². The highest BCUT2D eigenvalue weighted by Crippen LogP contribution is 2.30. The van der Waals surface area contributed by atoms with Crippen molar-refractivity contribution in [3.05, 3.63) is 30.7 Å². The van der Waals surface area contributed by atoms with Gasteiger partial charge in [0.25, 0.3) is 5.88 Å². The van der Waals surface area contributed by atoms with Gasteiger partial charge >= 0.3 is 0 Å². The molecule has 0 saturated carbocycles. The van der Waals surface area contributed by atoms with Crippen LogP contribution in [0.2, 0.25) is 0 Å². The first-order valence-electron chi connectivity index (χ1n) is 9.30. The van der Waals surface area contributed by atoms with Gasteiger partial charge in [0, 0.05) is 31.0 Å². The van der Waals surface area contributed by atoms with E-state index in [1.807, 2.05) is 18.3 Å². The summed E-state index contributed by atoms with van der Waals surface area (Å²) < 4.78 is 6.33. The minimum Gasteiger partial charge on any atom is -0.472 e. The van der Waals surface area contributed by atoms with E-state index in [2.05, 4.69) is 15.2 Å². The molecule has 2 fully saturated rings. The molecule has 4 heterocycles. The second-order valence-corrected chi connectivity index (χ2v) is 6.73. The molecule has 2 aliphatic heterocycles. The Kier molecular flexibility index (Phi) is 5.06. The molecule has 132 valence electrons. The Bertz CT molecular complexity index is 681. The van der Waals surface area contributed by atoms with Crippen LogP contribution in [0.15, 0.2) is 30.7 Å². The lowest BCUT2D eigenvalue weighted by atomic mass is 10.1. The normalized spacial score (nSPS) is 19.0. The molecule has 25 heavy (non-hydrogen) atoms. The first-order chi connectivity index (χ1) is 12.4. The third-order valence-electron chi connectivity index (χ3n) is 4.92. The summed E-state index contributed by atoms with van der Waals surface area (Å²) in [6.45, 7) is 4.07. The number of hydrogen-bond acceptors (Lipinski definition) is 6. The van der Waals surface area contributed by atoms with E-state index in [1.54, 1.807) is 12.4 Å². The van der Waals surface area contributed by atoms with Crippen LogP contribution in [-0.2, 0) is 0 Å². The summed E-state index contributed by atoms with van der Waals surface area (Å²) in [5, 5.41) is 3.38. The lowest BCUT2D eigenvalue weighted by molar-refractivity contribution is 0.156. The van der Waals surface area contributed by atoms with Crippen LogP contribution >= 0.6 is 0 Å². The van der Waals surface area contributed by atoms with Gasteiger partial charge < -0.3 is 15.0 Å². The molecular weight excluding hydrogens is 314 g/mol. The van der Waals surface area contributed by atoms with E-state index in [1.165, 1.54) is 19.3 Å². The molecule has 0 radical (unpaired) electrons. The van der Waals surface area contributed by atoms with Crippen molar-refractivity contribution in [2.75, 3.05) is 31.1 Å². The topological polar surface area (TPSA) is 63.2 Å². The van der Waals surface area contributed by atoms with E-state index in [0.29, 0.717) is 5.88 Å².